The molecule has 0 aliphatic carbocycles. The predicted octanol–water partition coefficient (Wildman–Crippen LogP) is 0.705. The third kappa shape index (κ3) is 5.82. The number of nitrogens with one attached hydrogen (secondary N) is 1. The molecule has 1 aliphatic heterocycles. The molecule has 0 aromatic heterocycles. The minimum absolute atomic E-state index is 0.321. The average Bonchev–Trinajstić information content (AvgIpc) is 2.35. The maximum atomic E-state index is 8.72. The third-order valence-electron chi connectivity index (χ3n) is 3.59. The van der Waals surface area contributed by atoms with Crippen LogP contribution in [0, 0.1) is 5.92 Å². The molecule has 0 spiro atoms. The van der Waals surface area contributed by atoms with Crippen molar-refractivity contribution in [3.63, 3.8) is 0 Å². The zero-order valence-electron chi connectivity index (χ0n) is 11.3. The summed E-state index contributed by atoms with van der Waals surface area (Å²) in [6.07, 6.45) is 4.35. The van der Waals surface area contributed by atoms with Crippen molar-refractivity contribution in [3.05, 3.63) is 0 Å². The fourth-order valence-corrected chi connectivity index (χ4v) is 2.52. The Hall–Kier alpha value is -0.160. The second kappa shape index (κ2) is 8.86. The van der Waals surface area contributed by atoms with Crippen LogP contribution in [0.15, 0.2) is 0 Å². The summed E-state index contributed by atoms with van der Waals surface area (Å²) in [6.45, 7) is 4.31. The van der Waals surface area contributed by atoms with Crippen LogP contribution in [0.5, 0.6) is 0 Å². The summed E-state index contributed by atoms with van der Waals surface area (Å²) in [7, 11) is 4.23. The largest absolute Gasteiger partial charge is 0.396 e. The van der Waals surface area contributed by atoms with Crippen LogP contribution in [-0.4, -0.2) is 63.1 Å². The van der Waals surface area contributed by atoms with Gasteiger partial charge in [0.05, 0.1) is 6.61 Å². The number of unbranched alkanes of at least 4 members (excludes halogenated alkanes) is 2. The first-order valence-corrected chi connectivity index (χ1v) is 6.82. The van der Waals surface area contributed by atoms with Gasteiger partial charge in [0, 0.05) is 31.7 Å². The molecule has 0 radical (unpaired) electrons. The molecule has 1 saturated heterocycles. The molecule has 0 saturated carbocycles. The highest BCUT2D eigenvalue weighted by Crippen LogP contribution is 2.15. The lowest BCUT2D eigenvalue weighted by Gasteiger charge is -2.34. The smallest absolute Gasteiger partial charge is 0.0521 e. The van der Waals surface area contributed by atoms with Gasteiger partial charge in [0.2, 0.25) is 0 Å². The minimum Gasteiger partial charge on any atom is -0.396 e. The summed E-state index contributed by atoms with van der Waals surface area (Å²) < 4.78 is 5.56. The van der Waals surface area contributed by atoms with E-state index in [1.165, 1.54) is 6.42 Å². The Bertz CT molecular complexity index is 190. The van der Waals surface area contributed by atoms with Crippen molar-refractivity contribution in [1.29, 1.82) is 0 Å². The average molecular weight is 244 g/mol. The van der Waals surface area contributed by atoms with Gasteiger partial charge in [0.25, 0.3) is 0 Å². The summed E-state index contributed by atoms with van der Waals surface area (Å²) in [5, 5.41) is 12.1. The summed E-state index contributed by atoms with van der Waals surface area (Å²) >= 11 is 0. The van der Waals surface area contributed by atoms with Crippen molar-refractivity contribution in [2.24, 2.45) is 5.92 Å². The van der Waals surface area contributed by atoms with Crippen molar-refractivity contribution in [2.45, 2.75) is 31.7 Å². The molecular formula is C13H28N2O2. The van der Waals surface area contributed by atoms with Crippen LogP contribution in [0.25, 0.3) is 0 Å². The van der Waals surface area contributed by atoms with Gasteiger partial charge in [-0.2, -0.15) is 0 Å². The molecule has 2 N–H and O–H groups in total. The van der Waals surface area contributed by atoms with Crippen LogP contribution >= 0.6 is 0 Å². The lowest BCUT2D eigenvalue weighted by atomic mass is 9.95. The number of rotatable bonds is 8. The van der Waals surface area contributed by atoms with E-state index in [9.17, 15) is 0 Å². The van der Waals surface area contributed by atoms with Crippen molar-refractivity contribution in [2.75, 3.05) is 47.0 Å². The molecule has 17 heavy (non-hydrogen) atoms. The Morgan fingerprint density at radius 3 is 2.88 bits per heavy atom. The summed E-state index contributed by atoms with van der Waals surface area (Å²) in [5.74, 6) is 0.608. The molecule has 0 bridgehead atoms. The predicted molar refractivity (Wildman–Crippen MR) is 70.2 cm³/mol. The normalized spacial score (nSPS) is 25.4. The van der Waals surface area contributed by atoms with Crippen molar-refractivity contribution in [1.82, 2.24) is 10.2 Å². The Labute approximate surface area is 105 Å². The van der Waals surface area contributed by atoms with E-state index in [0.717, 1.165) is 45.6 Å². The van der Waals surface area contributed by atoms with Crippen LogP contribution in [0.4, 0.5) is 0 Å². The van der Waals surface area contributed by atoms with E-state index in [1.807, 2.05) is 7.05 Å². The van der Waals surface area contributed by atoms with Gasteiger partial charge in [0.1, 0.15) is 0 Å². The van der Waals surface area contributed by atoms with Gasteiger partial charge in [-0.15, -0.1) is 0 Å². The maximum absolute atomic E-state index is 8.72. The highest BCUT2D eigenvalue weighted by molar-refractivity contribution is 4.80. The Balaban J connectivity index is 2.16. The van der Waals surface area contributed by atoms with Crippen LogP contribution in [0.1, 0.15) is 25.7 Å². The van der Waals surface area contributed by atoms with Gasteiger partial charge in [-0.25, -0.2) is 0 Å². The first-order valence-electron chi connectivity index (χ1n) is 6.82. The molecule has 4 nitrogen and oxygen atoms in total. The van der Waals surface area contributed by atoms with E-state index in [-0.39, 0.29) is 0 Å². The van der Waals surface area contributed by atoms with E-state index in [4.69, 9.17) is 9.84 Å². The summed E-state index contributed by atoms with van der Waals surface area (Å²) in [4.78, 5) is 2.39. The zero-order chi connectivity index (χ0) is 12.5. The monoisotopic (exact) mass is 244 g/mol. The molecule has 102 valence electrons. The second-order valence-corrected chi connectivity index (χ2v) is 5.07. The summed E-state index contributed by atoms with van der Waals surface area (Å²) in [6, 6.07) is 0.601. The first kappa shape index (κ1) is 14.9. The van der Waals surface area contributed by atoms with Gasteiger partial charge in [-0.3, -0.25) is 0 Å². The number of aliphatic hydroxyl groups is 1. The number of hydrogen-bond donors (Lipinski definition) is 2. The van der Waals surface area contributed by atoms with E-state index >= 15 is 0 Å². The van der Waals surface area contributed by atoms with E-state index in [1.54, 1.807) is 0 Å². The summed E-state index contributed by atoms with van der Waals surface area (Å²) in [5.41, 5.74) is 0. The van der Waals surface area contributed by atoms with Crippen LogP contribution in [-0.2, 0) is 4.74 Å². The maximum Gasteiger partial charge on any atom is 0.0521 e. The lowest BCUT2D eigenvalue weighted by molar-refractivity contribution is 0.0215. The van der Waals surface area contributed by atoms with Gasteiger partial charge in [0.15, 0.2) is 0 Å². The molecule has 2 atom stereocenters. The molecule has 0 aromatic rings. The standard InChI is InChI=1S/C13H28N2O2/c1-14-13-6-9-17-11-12(13)10-15(2)7-4-3-5-8-16/h12-14,16H,3-11H2,1-2H3. The van der Waals surface area contributed by atoms with Gasteiger partial charge in [-0.05, 0) is 46.3 Å². The molecule has 1 aliphatic rings. The number of ether oxygens (including phenoxy) is 1. The van der Waals surface area contributed by atoms with Crippen LogP contribution in [0.3, 0.4) is 0 Å². The highest BCUT2D eigenvalue weighted by Gasteiger charge is 2.25. The molecule has 0 aromatic carbocycles. The molecule has 4 heteroatoms. The van der Waals surface area contributed by atoms with Crippen molar-refractivity contribution < 1.29 is 9.84 Å². The fourth-order valence-electron chi connectivity index (χ4n) is 2.52. The minimum atomic E-state index is 0.321. The molecule has 1 fully saturated rings. The fraction of sp³-hybridized carbons (Fsp3) is 1.00. The number of nitrogens with zero attached hydrogens (tertiary/aromatic N) is 1. The topological polar surface area (TPSA) is 44.7 Å². The highest BCUT2D eigenvalue weighted by atomic mass is 16.5. The Morgan fingerprint density at radius 2 is 2.18 bits per heavy atom. The second-order valence-electron chi connectivity index (χ2n) is 5.07. The SMILES string of the molecule is CNC1CCOCC1CN(C)CCCCCO. The lowest BCUT2D eigenvalue weighted by Crippen LogP contribution is -2.46. The molecular weight excluding hydrogens is 216 g/mol. The van der Waals surface area contributed by atoms with Gasteiger partial charge >= 0.3 is 0 Å². The van der Waals surface area contributed by atoms with Crippen LogP contribution in [0.2, 0.25) is 0 Å². The van der Waals surface area contributed by atoms with Crippen molar-refractivity contribution in [3.8, 4) is 0 Å². The zero-order valence-corrected chi connectivity index (χ0v) is 11.3. The van der Waals surface area contributed by atoms with E-state index in [2.05, 4.69) is 17.3 Å². The van der Waals surface area contributed by atoms with E-state index in [0.29, 0.717) is 18.6 Å². The Kier molecular flexibility index (Phi) is 7.77. The van der Waals surface area contributed by atoms with Gasteiger partial charge < -0.3 is 20.1 Å². The number of hydrogen-bond acceptors (Lipinski definition) is 4. The molecule has 1 heterocycles. The molecule has 2 unspecified atom stereocenters. The first-order chi connectivity index (χ1) is 8.27. The Morgan fingerprint density at radius 1 is 1.35 bits per heavy atom. The quantitative estimate of drug-likeness (QED) is 0.617. The third-order valence-corrected chi connectivity index (χ3v) is 3.59. The number of aliphatic hydroxyl groups excluding tert-OH is 1. The molecule has 1 rings (SSSR count). The van der Waals surface area contributed by atoms with Gasteiger partial charge in [-0.1, -0.05) is 0 Å². The van der Waals surface area contributed by atoms with Crippen LogP contribution < -0.4 is 5.32 Å². The molecule has 0 amide bonds. The van der Waals surface area contributed by atoms with E-state index < -0.39 is 0 Å². The van der Waals surface area contributed by atoms with Crippen molar-refractivity contribution >= 4 is 0 Å².